The van der Waals surface area contributed by atoms with Crippen LogP contribution in [0.2, 0.25) is 0 Å². The lowest BCUT2D eigenvalue weighted by atomic mass is 9.89. The van der Waals surface area contributed by atoms with Gasteiger partial charge in [0.25, 0.3) is 0 Å². The summed E-state index contributed by atoms with van der Waals surface area (Å²) >= 11 is 0. The third-order valence-electron chi connectivity index (χ3n) is 3.48. The maximum Gasteiger partial charge on any atom is 0.338 e. The summed E-state index contributed by atoms with van der Waals surface area (Å²) in [6, 6.07) is 0. The number of hydrogen-bond donors (Lipinski definition) is 0. The Morgan fingerprint density at radius 2 is 1.45 bits per heavy atom. The number of hydrogen-bond acceptors (Lipinski definition) is 4. The maximum absolute atomic E-state index is 12.1. The van der Waals surface area contributed by atoms with Gasteiger partial charge in [-0.1, -0.05) is 33.8 Å². The number of allylic oxidation sites excluding steroid dienone is 3. The van der Waals surface area contributed by atoms with E-state index < -0.39 is 11.9 Å². The van der Waals surface area contributed by atoms with E-state index >= 15 is 0 Å². The Balaban J connectivity index is 6.25. The summed E-state index contributed by atoms with van der Waals surface area (Å²) in [5.74, 6) is -1.07. The highest BCUT2D eigenvalue weighted by atomic mass is 16.5. The average Bonchev–Trinajstić information content (AvgIpc) is 2.55. The zero-order chi connectivity index (χ0) is 17.1. The van der Waals surface area contributed by atoms with Crippen molar-refractivity contribution < 1.29 is 19.1 Å². The molecule has 0 unspecified atom stereocenters. The Labute approximate surface area is 133 Å². The van der Waals surface area contributed by atoms with Crippen molar-refractivity contribution in [1.82, 2.24) is 0 Å². The summed E-state index contributed by atoms with van der Waals surface area (Å²) in [7, 11) is 2.60. The molecule has 0 aromatic heterocycles. The lowest BCUT2D eigenvalue weighted by molar-refractivity contribution is -0.138. The van der Waals surface area contributed by atoms with E-state index in [4.69, 9.17) is 4.74 Å². The van der Waals surface area contributed by atoms with E-state index in [1.165, 1.54) is 25.9 Å². The van der Waals surface area contributed by atoms with E-state index in [1.807, 2.05) is 6.92 Å². The first kappa shape index (κ1) is 20.2. The van der Waals surface area contributed by atoms with Crippen molar-refractivity contribution in [3.63, 3.8) is 0 Å². The molecule has 0 aliphatic rings. The fourth-order valence-electron chi connectivity index (χ4n) is 2.48. The van der Waals surface area contributed by atoms with Crippen LogP contribution in [-0.2, 0) is 19.1 Å². The first-order chi connectivity index (χ1) is 10.5. The number of carbonyl (C=O) groups excluding carboxylic acids is 2. The molecule has 0 aromatic carbocycles. The van der Waals surface area contributed by atoms with Crippen LogP contribution >= 0.6 is 0 Å². The molecule has 0 N–H and O–H groups in total. The maximum atomic E-state index is 12.1. The van der Waals surface area contributed by atoms with Crippen molar-refractivity contribution in [2.24, 2.45) is 0 Å². The van der Waals surface area contributed by atoms with E-state index in [-0.39, 0.29) is 5.57 Å². The van der Waals surface area contributed by atoms with Gasteiger partial charge in [0.05, 0.1) is 19.8 Å². The summed E-state index contributed by atoms with van der Waals surface area (Å²) in [5.41, 5.74) is 3.44. The quantitative estimate of drug-likeness (QED) is 0.384. The Morgan fingerprint density at radius 1 is 0.864 bits per heavy atom. The fraction of sp³-hybridized carbons (Fsp3) is 0.556. The third-order valence-corrected chi connectivity index (χ3v) is 3.48. The van der Waals surface area contributed by atoms with E-state index in [0.717, 1.165) is 30.4 Å². The van der Waals surface area contributed by atoms with Gasteiger partial charge in [0.2, 0.25) is 0 Å². The highest BCUT2D eigenvalue weighted by Crippen LogP contribution is 2.29. The molecule has 0 radical (unpaired) electrons. The molecule has 0 fully saturated rings. The van der Waals surface area contributed by atoms with Gasteiger partial charge in [-0.05, 0) is 42.4 Å². The van der Waals surface area contributed by atoms with Gasteiger partial charge < -0.3 is 9.47 Å². The molecule has 0 spiro atoms. The minimum atomic E-state index is -0.556. The SMILES string of the molecule is CC/C=C(CC)/C(CC)=C(CC)\C(=C\C(=O)OC)C(=O)OC. The molecule has 0 heterocycles. The first-order valence-corrected chi connectivity index (χ1v) is 7.80. The monoisotopic (exact) mass is 308 g/mol. The predicted octanol–water partition coefficient (Wildman–Crippen LogP) is 4.12. The fourth-order valence-corrected chi connectivity index (χ4v) is 2.48. The molecule has 4 heteroatoms. The molecule has 0 rings (SSSR count). The molecule has 124 valence electrons. The van der Waals surface area contributed by atoms with Crippen LogP contribution in [0.25, 0.3) is 0 Å². The number of carbonyl (C=O) groups is 2. The molecule has 0 saturated heterocycles. The molecule has 0 saturated carbocycles. The van der Waals surface area contributed by atoms with Crippen molar-refractivity contribution in [3.8, 4) is 0 Å². The largest absolute Gasteiger partial charge is 0.466 e. The van der Waals surface area contributed by atoms with Gasteiger partial charge >= 0.3 is 11.9 Å². The lowest BCUT2D eigenvalue weighted by Crippen LogP contribution is -2.12. The van der Waals surface area contributed by atoms with Crippen molar-refractivity contribution in [2.75, 3.05) is 14.2 Å². The van der Waals surface area contributed by atoms with E-state index in [2.05, 4.69) is 31.6 Å². The van der Waals surface area contributed by atoms with Gasteiger partial charge in [-0.2, -0.15) is 0 Å². The topological polar surface area (TPSA) is 52.6 Å². The predicted molar refractivity (Wildman–Crippen MR) is 88.4 cm³/mol. The van der Waals surface area contributed by atoms with Crippen molar-refractivity contribution in [2.45, 2.75) is 53.4 Å². The van der Waals surface area contributed by atoms with E-state index in [9.17, 15) is 9.59 Å². The molecule has 0 atom stereocenters. The minimum Gasteiger partial charge on any atom is -0.466 e. The van der Waals surface area contributed by atoms with Crippen molar-refractivity contribution in [1.29, 1.82) is 0 Å². The third kappa shape index (κ3) is 5.51. The second-order valence-corrected chi connectivity index (χ2v) is 4.73. The van der Waals surface area contributed by atoms with Gasteiger partial charge in [-0.25, -0.2) is 9.59 Å². The van der Waals surface area contributed by atoms with Crippen LogP contribution in [0, 0.1) is 0 Å². The van der Waals surface area contributed by atoms with Gasteiger partial charge in [-0.15, -0.1) is 0 Å². The summed E-state index contributed by atoms with van der Waals surface area (Å²) in [5, 5.41) is 0. The Morgan fingerprint density at radius 3 is 1.82 bits per heavy atom. The van der Waals surface area contributed by atoms with Crippen LogP contribution < -0.4 is 0 Å². The Kier molecular flexibility index (Phi) is 9.92. The zero-order valence-corrected chi connectivity index (χ0v) is 14.6. The van der Waals surface area contributed by atoms with Crippen LogP contribution in [0.15, 0.2) is 34.4 Å². The highest BCUT2D eigenvalue weighted by molar-refractivity contribution is 6.00. The smallest absolute Gasteiger partial charge is 0.338 e. The number of methoxy groups -OCH3 is 2. The highest BCUT2D eigenvalue weighted by Gasteiger charge is 2.20. The van der Waals surface area contributed by atoms with Gasteiger partial charge in [-0.3, -0.25) is 0 Å². The number of ether oxygens (including phenoxy) is 2. The van der Waals surface area contributed by atoms with Crippen LogP contribution in [-0.4, -0.2) is 26.2 Å². The Bertz CT molecular complexity index is 479. The van der Waals surface area contributed by atoms with Gasteiger partial charge in [0.1, 0.15) is 0 Å². The summed E-state index contributed by atoms with van der Waals surface area (Å²) in [4.78, 5) is 23.7. The minimum absolute atomic E-state index is 0.282. The lowest BCUT2D eigenvalue weighted by Gasteiger charge is -2.17. The second kappa shape index (κ2) is 10.8. The van der Waals surface area contributed by atoms with Gasteiger partial charge in [0, 0.05) is 6.08 Å². The number of rotatable bonds is 8. The Hall–Kier alpha value is -1.84. The number of esters is 2. The molecule has 0 aromatic rings. The first-order valence-electron chi connectivity index (χ1n) is 7.80. The van der Waals surface area contributed by atoms with Crippen LogP contribution in [0.5, 0.6) is 0 Å². The molecule has 4 nitrogen and oxygen atoms in total. The second-order valence-electron chi connectivity index (χ2n) is 4.73. The summed E-state index contributed by atoms with van der Waals surface area (Å²) in [6.07, 6.45) is 6.63. The van der Waals surface area contributed by atoms with Crippen LogP contribution in [0.4, 0.5) is 0 Å². The standard InChI is InChI=1S/C18H28O4/c1-7-11-13(8-2)14(9-3)15(10-4)16(18(20)22-6)12-17(19)21-5/h11-12H,7-10H2,1-6H3/b13-11+,15-14-,16-12-. The molecule has 22 heavy (non-hydrogen) atoms. The normalized spacial score (nSPS) is 13.5. The van der Waals surface area contributed by atoms with Crippen LogP contribution in [0.3, 0.4) is 0 Å². The van der Waals surface area contributed by atoms with Crippen LogP contribution in [0.1, 0.15) is 53.4 Å². The average molecular weight is 308 g/mol. The molecule has 0 bridgehead atoms. The van der Waals surface area contributed by atoms with Crippen molar-refractivity contribution >= 4 is 11.9 Å². The molecule has 0 aliphatic carbocycles. The zero-order valence-electron chi connectivity index (χ0n) is 14.6. The van der Waals surface area contributed by atoms with Gasteiger partial charge in [0.15, 0.2) is 0 Å². The molecule has 0 amide bonds. The summed E-state index contributed by atoms with van der Waals surface area (Å²) in [6.45, 7) is 8.20. The molecular weight excluding hydrogens is 280 g/mol. The van der Waals surface area contributed by atoms with E-state index in [0.29, 0.717) is 6.42 Å². The van der Waals surface area contributed by atoms with E-state index in [1.54, 1.807) is 0 Å². The molecular formula is C18H28O4. The van der Waals surface area contributed by atoms with Crippen molar-refractivity contribution in [3.05, 3.63) is 34.4 Å². The molecule has 0 aliphatic heterocycles. The summed E-state index contributed by atoms with van der Waals surface area (Å²) < 4.78 is 9.50.